The molecule has 0 spiro atoms. The third-order valence-electron chi connectivity index (χ3n) is 4.34. The van der Waals surface area contributed by atoms with Crippen molar-refractivity contribution in [3.8, 4) is 11.3 Å². The number of benzene rings is 2. The van der Waals surface area contributed by atoms with Crippen molar-refractivity contribution >= 4 is 12.0 Å². The molecule has 1 aliphatic rings. The van der Waals surface area contributed by atoms with E-state index in [2.05, 4.69) is 25.8 Å². The highest BCUT2D eigenvalue weighted by Gasteiger charge is 2.41. The van der Waals surface area contributed by atoms with Gasteiger partial charge in [0.05, 0.1) is 11.9 Å². The fourth-order valence-corrected chi connectivity index (χ4v) is 2.92. The molecular weight excluding hydrogens is 352 g/mol. The molecule has 0 radical (unpaired) electrons. The molecule has 0 bridgehead atoms. The lowest BCUT2D eigenvalue weighted by Gasteiger charge is -2.07. The number of nitrogens with one attached hydrogen (secondary N) is 2. The Bertz CT molecular complexity index is 983. The molecule has 2 aromatic carbocycles. The van der Waals surface area contributed by atoms with Gasteiger partial charge in [-0.05, 0) is 18.1 Å². The average Bonchev–Trinajstić information content (AvgIpc) is 3.43. The maximum atomic E-state index is 13.8. The number of urea groups is 1. The fourth-order valence-electron chi connectivity index (χ4n) is 2.92. The molecule has 136 valence electrons. The Morgan fingerprint density at radius 2 is 1.89 bits per heavy atom. The highest BCUT2D eigenvalue weighted by atomic mass is 19.2. The number of anilines is 1. The Morgan fingerprint density at radius 1 is 1.07 bits per heavy atom. The minimum Gasteiger partial charge on any atom is -0.334 e. The van der Waals surface area contributed by atoms with Crippen LogP contribution in [-0.4, -0.2) is 27.3 Å². The van der Waals surface area contributed by atoms with Gasteiger partial charge in [0.15, 0.2) is 11.6 Å². The largest absolute Gasteiger partial charge is 0.334 e. The number of amides is 2. The average molecular weight is 367 g/mol. The fraction of sp³-hybridized carbons (Fsp3) is 0.158. The Labute approximate surface area is 153 Å². The molecule has 4 rings (SSSR count). The summed E-state index contributed by atoms with van der Waals surface area (Å²) in [6.07, 6.45) is 2.04. The van der Waals surface area contributed by atoms with Gasteiger partial charge < -0.3 is 5.32 Å². The number of carbonyl (C=O) groups excluding carboxylic acids is 1. The van der Waals surface area contributed by atoms with E-state index in [4.69, 9.17) is 0 Å². The van der Waals surface area contributed by atoms with E-state index in [9.17, 15) is 13.6 Å². The van der Waals surface area contributed by atoms with Crippen LogP contribution in [0.3, 0.4) is 0 Å². The van der Waals surface area contributed by atoms with Crippen molar-refractivity contribution in [2.75, 3.05) is 5.32 Å². The van der Waals surface area contributed by atoms with Crippen LogP contribution in [0.2, 0.25) is 0 Å². The number of carbonyl (C=O) groups is 1. The normalized spacial score (nSPS) is 18.0. The van der Waals surface area contributed by atoms with Gasteiger partial charge in [-0.15, -0.1) is 5.10 Å². The highest BCUT2D eigenvalue weighted by Crippen LogP contribution is 2.42. The summed E-state index contributed by atoms with van der Waals surface area (Å²) < 4.78 is 27.1. The van der Waals surface area contributed by atoms with E-state index in [0.29, 0.717) is 12.1 Å². The van der Waals surface area contributed by atoms with E-state index in [0.717, 1.165) is 11.6 Å². The molecule has 2 N–H and O–H groups in total. The quantitative estimate of drug-likeness (QED) is 0.740. The van der Waals surface area contributed by atoms with Gasteiger partial charge in [-0.3, -0.25) is 5.32 Å². The number of aromatic nitrogens is 3. The Morgan fingerprint density at radius 3 is 2.70 bits per heavy atom. The Hall–Kier alpha value is -3.42. The minimum atomic E-state index is -0.889. The second kappa shape index (κ2) is 7.06. The van der Waals surface area contributed by atoms with Crippen molar-refractivity contribution in [1.82, 2.24) is 20.5 Å². The number of hydrogen-bond donors (Lipinski definition) is 2. The molecule has 1 fully saturated rings. The van der Waals surface area contributed by atoms with Crippen LogP contribution < -0.4 is 10.6 Å². The number of nitrogens with zero attached hydrogens (tertiary/aromatic N) is 3. The number of hydrogen-bond acceptors (Lipinski definition) is 4. The number of rotatable bonds is 4. The Kier molecular flexibility index (Phi) is 4.45. The molecule has 0 aliphatic heterocycles. The molecular formula is C19H15F2N5O. The van der Waals surface area contributed by atoms with Crippen LogP contribution >= 0.6 is 0 Å². The summed E-state index contributed by atoms with van der Waals surface area (Å²) >= 11 is 0. The van der Waals surface area contributed by atoms with E-state index in [-0.39, 0.29) is 23.5 Å². The minimum absolute atomic E-state index is 0.0583. The maximum absolute atomic E-state index is 13.8. The molecule has 1 aromatic heterocycles. The molecule has 6 nitrogen and oxygen atoms in total. The van der Waals surface area contributed by atoms with Crippen molar-refractivity contribution in [3.05, 3.63) is 71.9 Å². The van der Waals surface area contributed by atoms with Crippen LogP contribution in [0.5, 0.6) is 0 Å². The van der Waals surface area contributed by atoms with E-state index >= 15 is 0 Å². The predicted octanol–water partition coefficient (Wildman–Crippen LogP) is 3.49. The summed E-state index contributed by atoms with van der Waals surface area (Å²) in [6, 6.07) is 12.6. The lowest BCUT2D eigenvalue weighted by molar-refractivity contribution is 0.251. The van der Waals surface area contributed by atoms with Gasteiger partial charge in [-0.2, -0.15) is 5.10 Å². The second-order valence-corrected chi connectivity index (χ2v) is 6.22. The van der Waals surface area contributed by atoms with E-state index in [1.54, 1.807) is 0 Å². The summed E-state index contributed by atoms with van der Waals surface area (Å²) in [5.41, 5.74) is 1.69. The van der Waals surface area contributed by atoms with Gasteiger partial charge in [0.1, 0.15) is 0 Å². The predicted molar refractivity (Wildman–Crippen MR) is 94.9 cm³/mol. The molecule has 2 atom stereocenters. The zero-order valence-electron chi connectivity index (χ0n) is 14.1. The molecule has 1 heterocycles. The maximum Gasteiger partial charge on any atom is 0.321 e. The first-order chi connectivity index (χ1) is 13.1. The summed E-state index contributed by atoms with van der Waals surface area (Å²) in [6.45, 7) is 0. The van der Waals surface area contributed by atoms with E-state index < -0.39 is 17.7 Å². The monoisotopic (exact) mass is 367 g/mol. The molecule has 8 heteroatoms. The molecule has 27 heavy (non-hydrogen) atoms. The van der Waals surface area contributed by atoms with Gasteiger partial charge in [0.25, 0.3) is 5.95 Å². The summed E-state index contributed by atoms with van der Waals surface area (Å²) in [5, 5.41) is 12.9. The highest BCUT2D eigenvalue weighted by molar-refractivity contribution is 5.88. The molecule has 3 aromatic rings. The molecule has 0 unspecified atom stereocenters. The summed E-state index contributed by atoms with van der Waals surface area (Å²) in [7, 11) is 0. The number of halogens is 2. The van der Waals surface area contributed by atoms with Crippen molar-refractivity contribution in [1.29, 1.82) is 0 Å². The summed E-state index contributed by atoms with van der Waals surface area (Å²) in [4.78, 5) is 16.4. The first-order valence-corrected chi connectivity index (χ1v) is 8.38. The molecule has 0 saturated heterocycles. The first-order valence-electron chi connectivity index (χ1n) is 8.38. The van der Waals surface area contributed by atoms with Gasteiger partial charge >= 0.3 is 6.03 Å². The topological polar surface area (TPSA) is 79.8 Å². The van der Waals surface area contributed by atoms with Gasteiger partial charge in [0, 0.05) is 17.5 Å². The van der Waals surface area contributed by atoms with Gasteiger partial charge in [-0.25, -0.2) is 18.6 Å². The van der Waals surface area contributed by atoms with Gasteiger partial charge in [-0.1, -0.05) is 42.5 Å². The van der Waals surface area contributed by atoms with E-state index in [1.807, 2.05) is 30.3 Å². The van der Waals surface area contributed by atoms with E-state index in [1.165, 1.54) is 18.3 Å². The van der Waals surface area contributed by atoms with Crippen LogP contribution in [0, 0.1) is 11.6 Å². The van der Waals surface area contributed by atoms with Crippen LogP contribution in [0.4, 0.5) is 19.5 Å². The van der Waals surface area contributed by atoms with Crippen LogP contribution in [-0.2, 0) is 0 Å². The zero-order chi connectivity index (χ0) is 18.8. The third kappa shape index (κ3) is 3.74. The third-order valence-corrected chi connectivity index (χ3v) is 4.34. The first kappa shape index (κ1) is 17.0. The lowest BCUT2D eigenvalue weighted by Crippen LogP contribution is -2.32. The van der Waals surface area contributed by atoms with Crippen LogP contribution in [0.1, 0.15) is 17.9 Å². The van der Waals surface area contributed by atoms with Gasteiger partial charge in [0.2, 0.25) is 0 Å². The summed E-state index contributed by atoms with van der Waals surface area (Å²) in [5.74, 6) is -1.95. The lowest BCUT2D eigenvalue weighted by atomic mass is 10.1. The van der Waals surface area contributed by atoms with Crippen LogP contribution in [0.25, 0.3) is 11.3 Å². The standard InChI is InChI=1S/C19H15F2N5O/c20-14-8-4-7-12(17(14)21)13-9-15(13)24-19(27)25-18-23-16(10-22-26-18)11-5-2-1-3-6-11/h1-8,10,13,15H,9H2,(H2,23,24,25,26,27)/t13-,15+/m0/s1. The molecule has 1 saturated carbocycles. The molecule has 2 amide bonds. The molecule has 1 aliphatic carbocycles. The van der Waals surface area contributed by atoms with Crippen LogP contribution in [0.15, 0.2) is 54.7 Å². The second-order valence-electron chi connectivity index (χ2n) is 6.22. The van der Waals surface area contributed by atoms with Crippen molar-refractivity contribution in [3.63, 3.8) is 0 Å². The van der Waals surface area contributed by atoms with Crippen molar-refractivity contribution in [2.45, 2.75) is 18.4 Å². The Balaban J connectivity index is 1.39. The zero-order valence-corrected chi connectivity index (χ0v) is 14.1. The SMILES string of the molecule is O=C(Nc1nncc(-c2ccccc2)n1)N[C@@H]1C[C@H]1c1cccc(F)c1F. The van der Waals surface area contributed by atoms with Crippen molar-refractivity contribution < 1.29 is 13.6 Å². The smallest absolute Gasteiger partial charge is 0.321 e. The van der Waals surface area contributed by atoms with Crippen molar-refractivity contribution in [2.24, 2.45) is 0 Å².